The Balaban J connectivity index is 2.18. The summed E-state index contributed by atoms with van der Waals surface area (Å²) < 4.78 is 4.96. The van der Waals surface area contributed by atoms with Crippen molar-refractivity contribution in [1.82, 2.24) is 4.90 Å². The van der Waals surface area contributed by atoms with Gasteiger partial charge in [0.25, 0.3) is 0 Å². The molecular formula is C12H23NO2. The van der Waals surface area contributed by atoms with Gasteiger partial charge in [0.05, 0.1) is 13.2 Å². The molecule has 1 rings (SSSR count). The van der Waals surface area contributed by atoms with Gasteiger partial charge in [-0.2, -0.15) is 0 Å². The molecule has 15 heavy (non-hydrogen) atoms. The van der Waals surface area contributed by atoms with E-state index < -0.39 is 0 Å². The molecule has 0 N–H and O–H groups in total. The zero-order valence-electron chi connectivity index (χ0n) is 10.00. The Bertz CT molecular complexity index is 190. The minimum atomic E-state index is -0.0817. The minimum absolute atomic E-state index is 0.0817. The van der Waals surface area contributed by atoms with Crippen molar-refractivity contribution < 1.29 is 9.53 Å². The van der Waals surface area contributed by atoms with Gasteiger partial charge in [0.1, 0.15) is 0 Å². The zero-order chi connectivity index (χ0) is 11.1. The highest BCUT2D eigenvalue weighted by molar-refractivity contribution is 5.71. The van der Waals surface area contributed by atoms with Gasteiger partial charge in [-0.05, 0) is 38.8 Å². The number of carbonyl (C=O) groups excluding carboxylic acids is 1. The van der Waals surface area contributed by atoms with Crippen LogP contribution in [0.5, 0.6) is 0 Å². The lowest BCUT2D eigenvalue weighted by atomic mass is 10.2. The highest BCUT2D eigenvalue weighted by Gasteiger charge is 2.22. The van der Waals surface area contributed by atoms with Gasteiger partial charge in [0, 0.05) is 0 Å². The first-order valence-corrected chi connectivity index (χ1v) is 6.14. The first kappa shape index (κ1) is 12.5. The average Bonchev–Trinajstić information content (AvgIpc) is 2.98. The molecule has 88 valence electrons. The maximum absolute atomic E-state index is 11.3. The normalized spacial score (nSPS) is 15.7. The summed E-state index contributed by atoms with van der Waals surface area (Å²) in [6, 6.07) is 0. The molecule has 0 amide bonds. The van der Waals surface area contributed by atoms with E-state index in [1.54, 1.807) is 0 Å². The molecule has 1 fully saturated rings. The lowest BCUT2D eigenvalue weighted by molar-refractivity contribution is -0.144. The van der Waals surface area contributed by atoms with E-state index in [4.69, 9.17) is 4.74 Å². The van der Waals surface area contributed by atoms with Crippen LogP contribution in [0.3, 0.4) is 0 Å². The van der Waals surface area contributed by atoms with E-state index in [9.17, 15) is 4.79 Å². The van der Waals surface area contributed by atoms with E-state index in [2.05, 4.69) is 11.8 Å². The van der Waals surface area contributed by atoms with Crippen molar-refractivity contribution in [3.63, 3.8) is 0 Å². The second-order valence-corrected chi connectivity index (χ2v) is 4.31. The van der Waals surface area contributed by atoms with Crippen molar-refractivity contribution in [3.05, 3.63) is 0 Å². The van der Waals surface area contributed by atoms with Crippen LogP contribution >= 0.6 is 0 Å². The van der Waals surface area contributed by atoms with Crippen LogP contribution < -0.4 is 0 Å². The fourth-order valence-corrected chi connectivity index (χ4v) is 1.75. The molecule has 1 saturated carbocycles. The second kappa shape index (κ2) is 6.83. The number of nitrogens with zero attached hydrogens (tertiary/aromatic N) is 1. The van der Waals surface area contributed by atoms with Crippen LogP contribution in [0.2, 0.25) is 0 Å². The van der Waals surface area contributed by atoms with E-state index >= 15 is 0 Å². The first-order chi connectivity index (χ1) is 7.26. The highest BCUT2D eigenvalue weighted by atomic mass is 16.5. The van der Waals surface area contributed by atoms with E-state index in [0.29, 0.717) is 13.2 Å². The fourth-order valence-electron chi connectivity index (χ4n) is 1.75. The van der Waals surface area contributed by atoms with Gasteiger partial charge in [0.15, 0.2) is 0 Å². The van der Waals surface area contributed by atoms with Crippen LogP contribution in [-0.2, 0) is 9.53 Å². The third-order valence-corrected chi connectivity index (χ3v) is 2.75. The number of rotatable bonds is 8. The Morgan fingerprint density at radius 1 is 1.33 bits per heavy atom. The quantitative estimate of drug-likeness (QED) is 0.578. The molecule has 0 aliphatic heterocycles. The number of ether oxygens (including phenoxy) is 1. The molecule has 0 radical (unpaired) electrons. The van der Waals surface area contributed by atoms with Crippen molar-refractivity contribution in [2.75, 3.05) is 26.2 Å². The van der Waals surface area contributed by atoms with Crippen molar-refractivity contribution >= 4 is 5.97 Å². The summed E-state index contributed by atoms with van der Waals surface area (Å²) in [6.07, 6.45) is 5.13. The van der Waals surface area contributed by atoms with E-state index in [-0.39, 0.29) is 5.97 Å². The molecule has 0 aromatic carbocycles. The molecule has 0 atom stereocenters. The summed E-state index contributed by atoms with van der Waals surface area (Å²) in [5.74, 6) is 0.855. The van der Waals surface area contributed by atoms with Crippen LogP contribution in [0.25, 0.3) is 0 Å². The van der Waals surface area contributed by atoms with Gasteiger partial charge in [-0.1, -0.05) is 19.8 Å². The third kappa shape index (κ3) is 5.78. The highest BCUT2D eigenvalue weighted by Crippen LogP contribution is 2.32. The van der Waals surface area contributed by atoms with Crippen molar-refractivity contribution in [1.29, 1.82) is 0 Å². The molecule has 0 saturated heterocycles. The van der Waals surface area contributed by atoms with E-state index in [0.717, 1.165) is 25.4 Å². The largest absolute Gasteiger partial charge is 0.465 e. The smallest absolute Gasteiger partial charge is 0.320 e. The standard InChI is InChI=1S/C12H23NO2/c1-3-8-13(9-7-11-5-6-11)10-12(14)15-4-2/h11H,3-10H2,1-2H3. The monoisotopic (exact) mass is 213 g/mol. The Morgan fingerprint density at radius 3 is 2.60 bits per heavy atom. The molecule has 0 aromatic rings. The average molecular weight is 213 g/mol. The molecular weight excluding hydrogens is 190 g/mol. The predicted octanol–water partition coefficient (Wildman–Crippen LogP) is 2.06. The Labute approximate surface area is 92.8 Å². The number of carbonyl (C=O) groups is 1. The molecule has 1 aliphatic rings. The Morgan fingerprint density at radius 2 is 2.07 bits per heavy atom. The Kier molecular flexibility index (Phi) is 5.69. The van der Waals surface area contributed by atoms with E-state index in [1.165, 1.54) is 19.3 Å². The number of hydrogen-bond acceptors (Lipinski definition) is 3. The van der Waals surface area contributed by atoms with Crippen LogP contribution in [0.1, 0.15) is 39.5 Å². The molecule has 0 heterocycles. The lowest BCUT2D eigenvalue weighted by Crippen LogP contribution is -2.32. The number of hydrogen-bond donors (Lipinski definition) is 0. The van der Waals surface area contributed by atoms with Gasteiger partial charge in [0.2, 0.25) is 0 Å². The van der Waals surface area contributed by atoms with Crippen molar-refractivity contribution in [2.24, 2.45) is 5.92 Å². The molecule has 3 nitrogen and oxygen atoms in total. The first-order valence-electron chi connectivity index (χ1n) is 6.14. The van der Waals surface area contributed by atoms with Gasteiger partial charge in [-0.15, -0.1) is 0 Å². The third-order valence-electron chi connectivity index (χ3n) is 2.75. The maximum Gasteiger partial charge on any atom is 0.320 e. The van der Waals surface area contributed by atoms with Crippen LogP contribution in [0.4, 0.5) is 0 Å². The van der Waals surface area contributed by atoms with Crippen LogP contribution in [-0.4, -0.2) is 37.1 Å². The maximum atomic E-state index is 11.3. The molecule has 0 spiro atoms. The molecule has 3 heteroatoms. The van der Waals surface area contributed by atoms with Gasteiger partial charge in [-0.25, -0.2) is 0 Å². The lowest BCUT2D eigenvalue weighted by Gasteiger charge is -2.20. The van der Waals surface area contributed by atoms with Crippen LogP contribution in [0.15, 0.2) is 0 Å². The summed E-state index contributed by atoms with van der Waals surface area (Å²) in [7, 11) is 0. The number of esters is 1. The molecule has 1 aliphatic carbocycles. The molecule has 0 aromatic heterocycles. The fraction of sp³-hybridized carbons (Fsp3) is 0.917. The Hall–Kier alpha value is -0.570. The van der Waals surface area contributed by atoms with Crippen LogP contribution in [0, 0.1) is 5.92 Å². The topological polar surface area (TPSA) is 29.5 Å². The van der Waals surface area contributed by atoms with Crippen molar-refractivity contribution in [3.8, 4) is 0 Å². The SMILES string of the molecule is CCCN(CCC1CC1)CC(=O)OCC. The van der Waals surface area contributed by atoms with Gasteiger partial charge >= 0.3 is 5.97 Å². The zero-order valence-corrected chi connectivity index (χ0v) is 10.00. The summed E-state index contributed by atoms with van der Waals surface area (Å²) >= 11 is 0. The minimum Gasteiger partial charge on any atom is -0.465 e. The van der Waals surface area contributed by atoms with Gasteiger partial charge < -0.3 is 4.74 Å². The summed E-state index contributed by atoms with van der Waals surface area (Å²) in [4.78, 5) is 13.5. The van der Waals surface area contributed by atoms with E-state index in [1.807, 2.05) is 6.92 Å². The summed E-state index contributed by atoms with van der Waals surface area (Å²) in [5.41, 5.74) is 0. The van der Waals surface area contributed by atoms with Gasteiger partial charge in [-0.3, -0.25) is 9.69 Å². The second-order valence-electron chi connectivity index (χ2n) is 4.31. The van der Waals surface area contributed by atoms with Crippen molar-refractivity contribution in [2.45, 2.75) is 39.5 Å². The molecule has 0 bridgehead atoms. The summed E-state index contributed by atoms with van der Waals surface area (Å²) in [5, 5.41) is 0. The summed E-state index contributed by atoms with van der Waals surface area (Å²) in [6.45, 7) is 7.01. The molecule has 0 unspecified atom stereocenters. The predicted molar refractivity (Wildman–Crippen MR) is 60.7 cm³/mol.